The average Bonchev–Trinajstić information content (AvgIpc) is 2.56. The summed E-state index contributed by atoms with van der Waals surface area (Å²) in [6.07, 6.45) is 0. The van der Waals surface area contributed by atoms with Crippen molar-refractivity contribution in [1.29, 1.82) is 0 Å². The van der Waals surface area contributed by atoms with Crippen LogP contribution in [0.15, 0.2) is 29.3 Å². The number of aliphatic imine (C=N–C) groups is 1. The van der Waals surface area contributed by atoms with Gasteiger partial charge in [0.05, 0.1) is 0 Å². The van der Waals surface area contributed by atoms with E-state index in [0.717, 1.165) is 26.2 Å². The Labute approximate surface area is 145 Å². The van der Waals surface area contributed by atoms with Crippen molar-refractivity contribution in [2.45, 2.75) is 20.8 Å². The minimum atomic E-state index is -0.0119. The molecule has 0 aliphatic carbocycles. The van der Waals surface area contributed by atoms with Gasteiger partial charge < -0.3 is 20.4 Å². The molecule has 6 nitrogen and oxygen atoms in total. The van der Waals surface area contributed by atoms with Gasteiger partial charge in [0, 0.05) is 46.0 Å². The van der Waals surface area contributed by atoms with Crippen molar-refractivity contribution in [2.75, 3.05) is 51.7 Å². The molecule has 0 unspecified atom stereocenters. The molecule has 0 aliphatic rings. The van der Waals surface area contributed by atoms with Crippen LogP contribution in [-0.4, -0.2) is 63.6 Å². The second-order valence-corrected chi connectivity index (χ2v) is 5.83. The molecule has 134 valence electrons. The first-order chi connectivity index (χ1) is 11.5. The summed E-state index contributed by atoms with van der Waals surface area (Å²) in [5.74, 6) is 0.662. The Morgan fingerprint density at radius 1 is 1.21 bits per heavy atom. The molecule has 1 aromatic rings. The zero-order valence-electron chi connectivity index (χ0n) is 15.6. The SMILES string of the molecule is CCNC(=NCC(=O)N(C)C)NCCN(CC)c1cccc(C)c1. The van der Waals surface area contributed by atoms with Gasteiger partial charge in [-0.2, -0.15) is 0 Å². The molecular weight excluding hydrogens is 302 g/mol. The molecule has 0 saturated carbocycles. The number of hydrogen-bond donors (Lipinski definition) is 2. The maximum absolute atomic E-state index is 11.7. The molecule has 0 radical (unpaired) electrons. The summed E-state index contributed by atoms with van der Waals surface area (Å²) in [7, 11) is 3.47. The molecule has 1 amide bonds. The van der Waals surface area contributed by atoms with Crippen LogP contribution in [0.2, 0.25) is 0 Å². The predicted molar refractivity (Wildman–Crippen MR) is 102 cm³/mol. The topological polar surface area (TPSA) is 60.0 Å². The van der Waals surface area contributed by atoms with Crippen LogP contribution in [0.25, 0.3) is 0 Å². The van der Waals surface area contributed by atoms with E-state index in [2.05, 4.69) is 58.6 Å². The van der Waals surface area contributed by atoms with E-state index >= 15 is 0 Å². The van der Waals surface area contributed by atoms with Gasteiger partial charge in [-0.15, -0.1) is 0 Å². The molecule has 0 aromatic heterocycles. The smallest absolute Gasteiger partial charge is 0.243 e. The van der Waals surface area contributed by atoms with E-state index in [1.165, 1.54) is 11.3 Å². The molecule has 6 heteroatoms. The minimum Gasteiger partial charge on any atom is -0.370 e. The van der Waals surface area contributed by atoms with Crippen molar-refractivity contribution in [3.8, 4) is 0 Å². The fourth-order valence-corrected chi connectivity index (χ4v) is 2.23. The zero-order chi connectivity index (χ0) is 17.9. The second kappa shape index (κ2) is 10.5. The Hall–Kier alpha value is -2.24. The lowest BCUT2D eigenvalue weighted by atomic mass is 10.2. The van der Waals surface area contributed by atoms with E-state index in [-0.39, 0.29) is 12.5 Å². The van der Waals surface area contributed by atoms with Crippen LogP contribution >= 0.6 is 0 Å². The molecule has 0 bridgehead atoms. The highest BCUT2D eigenvalue weighted by atomic mass is 16.2. The standard InChI is InChI=1S/C18H31N5O/c1-6-19-18(21-14-17(24)22(4)5)20-11-12-23(7-2)16-10-8-9-15(3)13-16/h8-10,13H,6-7,11-12,14H2,1-5H3,(H2,19,20,21). The van der Waals surface area contributed by atoms with E-state index in [1.54, 1.807) is 19.0 Å². The summed E-state index contributed by atoms with van der Waals surface area (Å²) in [6, 6.07) is 8.51. The van der Waals surface area contributed by atoms with Crippen LogP contribution in [0, 0.1) is 6.92 Å². The third-order valence-electron chi connectivity index (χ3n) is 3.64. The molecular formula is C18H31N5O. The van der Waals surface area contributed by atoms with Crippen molar-refractivity contribution in [3.05, 3.63) is 29.8 Å². The van der Waals surface area contributed by atoms with E-state index in [9.17, 15) is 4.79 Å². The number of carbonyl (C=O) groups excluding carboxylic acids is 1. The van der Waals surface area contributed by atoms with E-state index in [4.69, 9.17) is 0 Å². The summed E-state index contributed by atoms with van der Waals surface area (Å²) in [5, 5.41) is 6.46. The fraction of sp³-hybridized carbons (Fsp3) is 0.556. The van der Waals surface area contributed by atoms with Crippen LogP contribution < -0.4 is 15.5 Å². The Morgan fingerprint density at radius 2 is 1.96 bits per heavy atom. The van der Waals surface area contributed by atoms with Gasteiger partial charge in [0.2, 0.25) is 5.91 Å². The quantitative estimate of drug-likeness (QED) is 0.559. The number of hydrogen-bond acceptors (Lipinski definition) is 3. The van der Waals surface area contributed by atoms with Crippen LogP contribution in [0.5, 0.6) is 0 Å². The Balaban J connectivity index is 2.56. The molecule has 0 spiro atoms. The highest BCUT2D eigenvalue weighted by Gasteiger charge is 2.06. The van der Waals surface area contributed by atoms with E-state index in [0.29, 0.717) is 5.96 Å². The molecule has 0 heterocycles. The Bertz CT molecular complexity index is 542. The monoisotopic (exact) mass is 333 g/mol. The third-order valence-corrected chi connectivity index (χ3v) is 3.64. The van der Waals surface area contributed by atoms with Gasteiger partial charge >= 0.3 is 0 Å². The van der Waals surface area contributed by atoms with Gasteiger partial charge in [0.25, 0.3) is 0 Å². The maximum Gasteiger partial charge on any atom is 0.243 e. The van der Waals surface area contributed by atoms with Crippen molar-refractivity contribution >= 4 is 17.6 Å². The average molecular weight is 333 g/mol. The zero-order valence-corrected chi connectivity index (χ0v) is 15.6. The Morgan fingerprint density at radius 3 is 2.54 bits per heavy atom. The fourth-order valence-electron chi connectivity index (χ4n) is 2.23. The first-order valence-corrected chi connectivity index (χ1v) is 8.51. The molecule has 0 aliphatic heterocycles. The van der Waals surface area contributed by atoms with Gasteiger partial charge in [0.15, 0.2) is 5.96 Å². The lowest BCUT2D eigenvalue weighted by Gasteiger charge is -2.24. The molecule has 1 aromatic carbocycles. The largest absolute Gasteiger partial charge is 0.370 e. The Kier molecular flexibility index (Phi) is 8.68. The van der Waals surface area contributed by atoms with Crippen LogP contribution in [0.4, 0.5) is 5.69 Å². The summed E-state index contributed by atoms with van der Waals surface area (Å²) in [4.78, 5) is 19.8. The number of rotatable bonds is 8. The molecule has 2 N–H and O–H groups in total. The highest BCUT2D eigenvalue weighted by molar-refractivity contribution is 5.84. The van der Waals surface area contributed by atoms with Crippen LogP contribution in [0.1, 0.15) is 19.4 Å². The third kappa shape index (κ3) is 6.89. The maximum atomic E-state index is 11.7. The van der Waals surface area contributed by atoms with Gasteiger partial charge in [-0.3, -0.25) is 4.79 Å². The highest BCUT2D eigenvalue weighted by Crippen LogP contribution is 2.14. The number of guanidine groups is 1. The van der Waals surface area contributed by atoms with Crippen molar-refractivity contribution in [2.24, 2.45) is 4.99 Å². The number of likely N-dealkylation sites (N-methyl/N-ethyl adjacent to an activating group) is 2. The lowest BCUT2D eigenvalue weighted by molar-refractivity contribution is -0.127. The predicted octanol–water partition coefficient (Wildman–Crippen LogP) is 1.46. The van der Waals surface area contributed by atoms with Crippen molar-refractivity contribution in [1.82, 2.24) is 15.5 Å². The number of nitrogens with one attached hydrogen (secondary N) is 2. The molecule has 24 heavy (non-hydrogen) atoms. The van der Waals surface area contributed by atoms with Crippen LogP contribution in [-0.2, 0) is 4.79 Å². The number of aryl methyl sites for hydroxylation is 1. The lowest BCUT2D eigenvalue weighted by Crippen LogP contribution is -2.42. The van der Waals surface area contributed by atoms with E-state index < -0.39 is 0 Å². The summed E-state index contributed by atoms with van der Waals surface area (Å²) in [6.45, 7) is 9.74. The summed E-state index contributed by atoms with van der Waals surface area (Å²) < 4.78 is 0. The number of carbonyl (C=O) groups is 1. The van der Waals surface area contributed by atoms with Crippen molar-refractivity contribution in [3.63, 3.8) is 0 Å². The molecule has 0 fully saturated rings. The van der Waals surface area contributed by atoms with Gasteiger partial charge in [-0.25, -0.2) is 4.99 Å². The van der Waals surface area contributed by atoms with Crippen molar-refractivity contribution < 1.29 is 4.79 Å². The first kappa shape index (κ1) is 19.8. The first-order valence-electron chi connectivity index (χ1n) is 8.51. The summed E-state index contributed by atoms with van der Waals surface area (Å²) >= 11 is 0. The van der Waals surface area contributed by atoms with Gasteiger partial charge in [-0.1, -0.05) is 12.1 Å². The normalized spacial score (nSPS) is 11.1. The summed E-state index contributed by atoms with van der Waals surface area (Å²) in [5.41, 5.74) is 2.49. The van der Waals surface area contributed by atoms with E-state index in [1.807, 2.05) is 6.92 Å². The number of anilines is 1. The van der Waals surface area contributed by atoms with Gasteiger partial charge in [0.1, 0.15) is 6.54 Å². The van der Waals surface area contributed by atoms with Gasteiger partial charge in [-0.05, 0) is 38.5 Å². The number of amides is 1. The number of benzene rings is 1. The van der Waals surface area contributed by atoms with Crippen LogP contribution in [0.3, 0.4) is 0 Å². The second-order valence-electron chi connectivity index (χ2n) is 5.83. The molecule has 1 rings (SSSR count). The molecule has 0 atom stereocenters. The minimum absolute atomic E-state index is 0.0119. The number of nitrogens with zero attached hydrogens (tertiary/aromatic N) is 3. The molecule has 0 saturated heterocycles.